The zero-order chi connectivity index (χ0) is 13.1. The van der Waals surface area contributed by atoms with E-state index in [9.17, 15) is 5.11 Å². The van der Waals surface area contributed by atoms with Gasteiger partial charge >= 0.3 is 0 Å². The summed E-state index contributed by atoms with van der Waals surface area (Å²) >= 11 is 0. The van der Waals surface area contributed by atoms with E-state index in [-0.39, 0.29) is 6.04 Å². The molecule has 0 aromatic heterocycles. The molecule has 0 heterocycles. The van der Waals surface area contributed by atoms with Crippen molar-refractivity contribution in [3.63, 3.8) is 0 Å². The van der Waals surface area contributed by atoms with Crippen LogP contribution in [0.25, 0.3) is 0 Å². The fraction of sp³-hybridized carbons (Fsp3) is 0.250. The molecule has 0 spiro atoms. The topological polar surface area (TPSA) is 46.2 Å². The first-order chi connectivity index (χ1) is 8.58. The van der Waals surface area contributed by atoms with Gasteiger partial charge in [0.05, 0.1) is 0 Å². The Balaban J connectivity index is 2.23. The van der Waals surface area contributed by atoms with Crippen LogP contribution in [0.3, 0.4) is 0 Å². The Morgan fingerprint density at radius 1 is 0.833 bits per heavy atom. The van der Waals surface area contributed by atoms with Gasteiger partial charge in [0.25, 0.3) is 0 Å². The number of hydrogen-bond donors (Lipinski definition) is 2. The molecule has 0 saturated heterocycles. The molecule has 2 nitrogen and oxygen atoms in total. The Kier molecular flexibility index (Phi) is 3.80. The summed E-state index contributed by atoms with van der Waals surface area (Å²) in [6.07, 6.45) is -0.576. The zero-order valence-corrected chi connectivity index (χ0v) is 10.8. The number of aliphatic hydroxyl groups is 1. The first-order valence-electron chi connectivity index (χ1n) is 6.18. The first-order valence-corrected chi connectivity index (χ1v) is 6.18. The standard InChI is InChI=1S/C16H19NO/c1-11-3-5-14(6-4-11)16(18)15-9-7-13(8-10-15)12(2)17/h3-10,12,16,18H,17H2,1-2H3. The minimum absolute atomic E-state index is 0.0237. The largest absolute Gasteiger partial charge is 0.384 e. The minimum atomic E-state index is -0.576. The van der Waals surface area contributed by atoms with E-state index in [0.29, 0.717) is 0 Å². The van der Waals surface area contributed by atoms with Crippen molar-refractivity contribution >= 4 is 0 Å². The van der Waals surface area contributed by atoms with Crippen molar-refractivity contribution in [3.8, 4) is 0 Å². The van der Waals surface area contributed by atoms with Crippen LogP contribution in [0.4, 0.5) is 0 Å². The Morgan fingerprint density at radius 2 is 1.22 bits per heavy atom. The van der Waals surface area contributed by atoms with E-state index in [1.165, 1.54) is 5.56 Å². The molecule has 0 amide bonds. The number of benzene rings is 2. The summed E-state index contributed by atoms with van der Waals surface area (Å²) in [5.41, 5.74) is 9.88. The van der Waals surface area contributed by atoms with Crippen LogP contribution in [-0.4, -0.2) is 5.11 Å². The van der Waals surface area contributed by atoms with E-state index in [2.05, 4.69) is 0 Å². The van der Waals surface area contributed by atoms with Crippen LogP contribution in [-0.2, 0) is 0 Å². The molecule has 2 unspecified atom stereocenters. The van der Waals surface area contributed by atoms with Gasteiger partial charge < -0.3 is 10.8 Å². The van der Waals surface area contributed by atoms with E-state index in [1.54, 1.807) is 0 Å². The van der Waals surface area contributed by atoms with Gasteiger partial charge in [0, 0.05) is 6.04 Å². The van der Waals surface area contributed by atoms with Gasteiger partial charge in [-0.05, 0) is 30.5 Å². The quantitative estimate of drug-likeness (QED) is 0.867. The van der Waals surface area contributed by atoms with Crippen molar-refractivity contribution in [1.82, 2.24) is 0 Å². The predicted molar refractivity (Wildman–Crippen MR) is 74.3 cm³/mol. The summed E-state index contributed by atoms with van der Waals surface area (Å²) in [5.74, 6) is 0. The summed E-state index contributed by atoms with van der Waals surface area (Å²) in [4.78, 5) is 0. The highest BCUT2D eigenvalue weighted by Crippen LogP contribution is 2.23. The lowest BCUT2D eigenvalue weighted by atomic mass is 9.98. The van der Waals surface area contributed by atoms with E-state index in [0.717, 1.165) is 16.7 Å². The average Bonchev–Trinajstić information content (AvgIpc) is 2.39. The highest BCUT2D eigenvalue weighted by molar-refractivity contribution is 5.33. The molecule has 3 N–H and O–H groups in total. The molecular formula is C16H19NO. The summed E-state index contributed by atoms with van der Waals surface area (Å²) in [6, 6.07) is 15.8. The second kappa shape index (κ2) is 5.34. The smallest absolute Gasteiger partial charge is 0.104 e. The van der Waals surface area contributed by atoms with Crippen molar-refractivity contribution in [1.29, 1.82) is 0 Å². The van der Waals surface area contributed by atoms with Crippen LogP contribution in [0.2, 0.25) is 0 Å². The number of nitrogens with two attached hydrogens (primary N) is 1. The summed E-state index contributed by atoms with van der Waals surface area (Å²) in [6.45, 7) is 3.99. The average molecular weight is 241 g/mol. The molecule has 0 aliphatic heterocycles. The normalized spacial score (nSPS) is 14.2. The van der Waals surface area contributed by atoms with Crippen molar-refractivity contribution in [2.45, 2.75) is 26.0 Å². The van der Waals surface area contributed by atoms with E-state index >= 15 is 0 Å². The fourth-order valence-electron chi connectivity index (χ4n) is 1.92. The van der Waals surface area contributed by atoms with Gasteiger partial charge in [0.2, 0.25) is 0 Å². The van der Waals surface area contributed by atoms with Crippen LogP contribution in [0.15, 0.2) is 48.5 Å². The highest BCUT2D eigenvalue weighted by atomic mass is 16.3. The van der Waals surface area contributed by atoms with Gasteiger partial charge in [-0.25, -0.2) is 0 Å². The summed E-state index contributed by atoms with van der Waals surface area (Å²) < 4.78 is 0. The van der Waals surface area contributed by atoms with Crippen molar-refractivity contribution in [2.75, 3.05) is 0 Å². The molecule has 2 aromatic carbocycles. The Labute approximate surface area is 108 Å². The Bertz CT molecular complexity index is 500. The minimum Gasteiger partial charge on any atom is -0.384 e. The van der Waals surface area contributed by atoms with E-state index < -0.39 is 6.10 Å². The summed E-state index contributed by atoms with van der Waals surface area (Å²) in [5, 5.41) is 10.3. The molecule has 0 fully saturated rings. The molecule has 94 valence electrons. The van der Waals surface area contributed by atoms with Crippen molar-refractivity contribution < 1.29 is 5.11 Å². The van der Waals surface area contributed by atoms with E-state index in [4.69, 9.17) is 5.73 Å². The molecule has 0 saturated carbocycles. The number of aryl methyl sites for hydroxylation is 1. The van der Waals surface area contributed by atoms with Gasteiger partial charge in [-0.15, -0.1) is 0 Å². The second-order valence-electron chi connectivity index (χ2n) is 4.77. The fourth-order valence-corrected chi connectivity index (χ4v) is 1.92. The van der Waals surface area contributed by atoms with Crippen molar-refractivity contribution in [2.24, 2.45) is 5.73 Å². The van der Waals surface area contributed by atoms with E-state index in [1.807, 2.05) is 62.4 Å². The predicted octanol–water partition coefficient (Wildman–Crippen LogP) is 3.10. The third-order valence-electron chi connectivity index (χ3n) is 3.17. The SMILES string of the molecule is Cc1ccc(C(O)c2ccc(C(C)N)cc2)cc1. The molecule has 2 rings (SSSR count). The van der Waals surface area contributed by atoms with Gasteiger partial charge in [-0.1, -0.05) is 54.1 Å². The van der Waals surface area contributed by atoms with Crippen molar-refractivity contribution in [3.05, 3.63) is 70.8 Å². The molecular weight excluding hydrogens is 222 g/mol. The number of rotatable bonds is 3. The highest BCUT2D eigenvalue weighted by Gasteiger charge is 2.10. The number of aliphatic hydroxyl groups excluding tert-OH is 1. The molecule has 2 aromatic rings. The van der Waals surface area contributed by atoms with Gasteiger partial charge in [0.15, 0.2) is 0 Å². The van der Waals surface area contributed by atoms with Crippen LogP contribution in [0.1, 0.15) is 41.3 Å². The Hall–Kier alpha value is -1.64. The second-order valence-corrected chi connectivity index (χ2v) is 4.77. The maximum Gasteiger partial charge on any atom is 0.104 e. The maximum absolute atomic E-state index is 10.3. The van der Waals surface area contributed by atoms with Gasteiger partial charge in [-0.3, -0.25) is 0 Å². The molecule has 0 bridgehead atoms. The first kappa shape index (κ1) is 12.8. The molecule has 2 heteroatoms. The molecule has 0 radical (unpaired) electrons. The zero-order valence-electron chi connectivity index (χ0n) is 10.8. The molecule has 0 aliphatic rings. The molecule has 2 atom stereocenters. The van der Waals surface area contributed by atoms with Crippen LogP contribution < -0.4 is 5.73 Å². The third kappa shape index (κ3) is 2.78. The lowest BCUT2D eigenvalue weighted by Crippen LogP contribution is -2.05. The summed E-state index contributed by atoms with van der Waals surface area (Å²) in [7, 11) is 0. The maximum atomic E-state index is 10.3. The number of hydrogen-bond acceptors (Lipinski definition) is 2. The molecule has 18 heavy (non-hydrogen) atoms. The Morgan fingerprint density at radius 3 is 1.67 bits per heavy atom. The van der Waals surface area contributed by atoms with Crippen LogP contribution in [0.5, 0.6) is 0 Å². The van der Waals surface area contributed by atoms with Crippen LogP contribution >= 0.6 is 0 Å². The molecule has 0 aliphatic carbocycles. The lowest BCUT2D eigenvalue weighted by molar-refractivity contribution is 0.220. The third-order valence-corrected chi connectivity index (χ3v) is 3.17. The van der Waals surface area contributed by atoms with Gasteiger partial charge in [-0.2, -0.15) is 0 Å². The monoisotopic (exact) mass is 241 g/mol. The van der Waals surface area contributed by atoms with Crippen LogP contribution in [0, 0.1) is 6.92 Å². The lowest BCUT2D eigenvalue weighted by Gasteiger charge is -2.13. The van der Waals surface area contributed by atoms with Gasteiger partial charge in [0.1, 0.15) is 6.10 Å².